The van der Waals surface area contributed by atoms with Crippen LogP contribution in [0.15, 0.2) is 47.6 Å². The molecule has 0 aliphatic rings. The largest absolute Gasteiger partial charge is 0.244 e. The Balaban J connectivity index is 2.40. The highest BCUT2D eigenvalue weighted by molar-refractivity contribution is 7.90. The van der Waals surface area contributed by atoms with E-state index < -0.39 is 9.84 Å². The van der Waals surface area contributed by atoms with Crippen LogP contribution in [0.2, 0.25) is 5.02 Å². The molecule has 0 saturated heterocycles. The molecule has 2 rings (SSSR count). The average molecular weight is 282 g/mol. The Morgan fingerprint density at radius 1 is 1.17 bits per heavy atom. The predicted molar refractivity (Wildman–Crippen MR) is 71.3 cm³/mol. The van der Waals surface area contributed by atoms with Gasteiger partial charge in [0.15, 0.2) is 14.9 Å². The van der Waals surface area contributed by atoms with Crippen molar-refractivity contribution in [1.82, 2.24) is 4.98 Å². The summed E-state index contributed by atoms with van der Waals surface area (Å²) < 4.78 is 24.5. The van der Waals surface area contributed by atoms with Gasteiger partial charge in [-0.3, -0.25) is 0 Å². The number of aromatic nitrogens is 1. The zero-order valence-corrected chi connectivity index (χ0v) is 11.4. The Bertz CT molecular complexity index is 668. The van der Waals surface area contributed by atoms with Crippen LogP contribution in [0.3, 0.4) is 0 Å². The molecule has 0 aliphatic heterocycles. The second kappa shape index (κ2) is 5.08. The summed E-state index contributed by atoms with van der Waals surface area (Å²) in [5.41, 5.74) is 1.23. The monoisotopic (exact) mass is 281 g/mol. The SMILES string of the molecule is Cc1cccnc1S(=O)(=O)Cc1ccccc1Cl. The van der Waals surface area contributed by atoms with Crippen LogP contribution in [0, 0.1) is 6.92 Å². The van der Waals surface area contributed by atoms with E-state index in [4.69, 9.17) is 11.6 Å². The molecule has 2 aromatic rings. The minimum Gasteiger partial charge on any atom is -0.244 e. The second-order valence-corrected chi connectivity index (χ2v) is 6.29. The molecule has 1 heterocycles. The van der Waals surface area contributed by atoms with Crippen molar-refractivity contribution >= 4 is 21.4 Å². The number of nitrogens with zero attached hydrogens (tertiary/aromatic N) is 1. The minimum atomic E-state index is -3.46. The van der Waals surface area contributed by atoms with E-state index in [-0.39, 0.29) is 10.8 Å². The Hall–Kier alpha value is -1.39. The maximum absolute atomic E-state index is 12.3. The summed E-state index contributed by atoms with van der Waals surface area (Å²) in [6, 6.07) is 10.4. The van der Waals surface area contributed by atoms with Gasteiger partial charge in [0.05, 0.1) is 5.75 Å². The first-order valence-corrected chi connectivity index (χ1v) is 7.41. The van der Waals surface area contributed by atoms with Crippen molar-refractivity contribution < 1.29 is 8.42 Å². The van der Waals surface area contributed by atoms with E-state index >= 15 is 0 Å². The predicted octanol–water partition coefficient (Wildman–Crippen LogP) is 3.02. The maximum atomic E-state index is 12.3. The molecular formula is C13H12ClNO2S. The van der Waals surface area contributed by atoms with Gasteiger partial charge in [-0.15, -0.1) is 0 Å². The smallest absolute Gasteiger partial charge is 0.200 e. The lowest BCUT2D eigenvalue weighted by molar-refractivity contribution is 0.590. The number of sulfone groups is 1. The van der Waals surface area contributed by atoms with Crippen molar-refractivity contribution in [2.45, 2.75) is 17.7 Å². The molecule has 0 bridgehead atoms. The van der Waals surface area contributed by atoms with E-state index in [0.29, 0.717) is 16.1 Å². The molecule has 1 aromatic heterocycles. The lowest BCUT2D eigenvalue weighted by atomic mass is 10.2. The van der Waals surface area contributed by atoms with Gasteiger partial charge >= 0.3 is 0 Å². The molecule has 0 N–H and O–H groups in total. The zero-order valence-electron chi connectivity index (χ0n) is 9.80. The van der Waals surface area contributed by atoms with Gasteiger partial charge < -0.3 is 0 Å². The molecule has 0 atom stereocenters. The molecule has 0 aliphatic carbocycles. The van der Waals surface area contributed by atoms with Crippen LogP contribution < -0.4 is 0 Å². The number of halogens is 1. The summed E-state index contributed by atoms with van der Waals surface area (Å²) in [6.45, 7) is 1.73. The molecule has 94 valence electrons. The number of pyridine rings is 1. The van der Waals surface area contributed by atoms with Crippen LogP contribution in [0.5, 0.6) is 0 Å². The highest BCUT2D eigenvalue weighted by atomic mass is 35.5. The van der Waals surface area contributed by atoms with Crippen LogP contribution in [0.4, 0.5) is 0 Å². The first-order chi connectivity index (χ1) is 8.50. The quantitative estimate of drug-likeness (QED) is 0.869. The van der Waals surface area contributed by atoms with Crippen molar-refractivity contribution in [3.63, 3.8) is 0 Å². The summed E-state index contributed by atoms with van der Waals surface area (Å²) in [6.07, 6.45) is 1.48. The fourth-order valence-corrected chi connectivity index (χ4v) is 3.55. The first kappa shape index (κ1) is 13.1. The Kier molecular flexibility index (Phi) is 3.68. The van der Waals surface area contributed by atoms with Gasteiger partial charge in [0.2, 0.25) is 0 Å². The van der Waals surface area contributed by atoms with Gasteiger partial charge in [-0.25, -0.2) is 13.4 Å². The van der Waals surface area contributed by atoms with Gasteiger partial charge in [0.25, 0.3) is 0 Å². The van der Waals surface area contributed by atoms with E-state index in [1.54, 1.807) is 43.3 Å². The number of hydrogen-bond donors (Lipinski definition) is 0. The Morgan fingerprint density at radius 2 is 1.89 bits per heavy atom. The van der Waals surface area contributed by atoms with Crippen molar-refractivity contribution in [3.8, 4) is 0 Å². The fourth-order valence-electron chi connectivity index (χ4n) is 1.69. The molecule has 3 nitrogen and oxygen atoms in total. The van der Waals surface area contributed by atoms with Gasteiger partial charge in [-0.1, -0.05) is 35.9 Å². The fraction of sp³-hybridized carbons (Fsp3) is 0.154. The summed E-state index contributed by atoms with van der Waals surface area (Å²) >= 11 is 5.97. The lowest BCUT2D eigenvalue weighted by Crippen LogP contribution is -2.09. The second-order valence-electron chi connectivity index (χ2n) is 3.98. The highest BCUT2D eigenvalue weighted by Crippen LogP contribution is 2.22. The molecule has 0 saturated carbocycles. The van der Waals surface area contributed by atoms with Gasteiger partial charge in [-0.05, 0) is 30.2 Å². The van der Waals surface area contributed by atoms with Crippen LogP contribution in [-0.2, 0) is 15.6 Å². The summed E-state index contributed by atoms with van der Waals surface area (Å²) in [5.74, 6) is -0.134. The molecule has 0 radical (unpaired) electrons. The number of rotatable bonds is 3. The average Bonchev–Trinajstić information content (AvgIpc) is 2.32. The molecule has 0 spiro atoms. The van der Waals surface area contributed by atoms with Crippen molar-refractivity contribution in [1.29, 1.82) is 0 Å². The van der Waals surface area contributed by atoms with Crippen LogP contribution >= 0.6 is 11.6 Å². The lowest BCUT2D eigenvalue weighted by Gasteiger charge is -2.07. The van der Waals surface area contributed by atoms with E-state index in [1.165, 1.54) is 6.20 Å². The van der Waals surface area contributed by atoms with Crippen LogP contribution in [0.1, 0.15) is 11.1 Å². The zero-order chi connectivity index (χ0) is 13.2. The topological polar surface area (TPSA) is 47.0 Å². The normalized spacial score (nSPS) is 11.4. The highest BCUT2D eigenvalue weighted by Gasteiger charge is 2.20. The third-order valence-corrected chi connectivity index (χ3v) is 4.64. The van der Waals surface area contributed by atoms with Crippen LogP contribution in [-0.4, -0.2) is 13.4 Å². The standard InChI is InChI=1S/C13H12ClNO2S/c1-10-5-4-8-15-13(10)18(16,17)9-11-6-2-3-7-12(11)14/h2-8H,9H2,1H3. The van der Waals surface area contributed by atoms with Crippen molar-refractivity contribution in [3.05, 3.63) is 58.7 Å². The number of aryl methyl sites for hydroxylation is 1. The number of benzene rings is 1. The molecule has 18 heavy (non-hydrogen) atoms. The first-order valence-electron chi connectivity index (χ1n) is 5.38. The number of hydrogen-bond acceptors (Lipinski definition) is 3. The maximum Gasteiger partial charge on any atom is 0.200 e. The molecule has 0 unspecified atom stereocenters. The van der Waals surface area contributed by atoms with E-state index in [1.807, 2.05) is 0 Å². The van der Waals surface area contributed by atoms with E-state index in [0.717, 1.165) is 0 Å². The van der Waals surface area contributed by atoms with Gasteiger partial charge in [-0.2, -0.15) is 0 Å². The third-order valence-electron chi connectivity index (χ3n) is 2.56. The van der Waals surface area contributed by atoms with Crippen LogP contribution in [0.25, 0.3) is 0 Å². The van der Waals surface area contributed by atoms with Crippen molar-refractivity contribution in [2.24, 2.45) is 0 Å². The summed E-state index contributed by atoms with van der Waals surface area (Å²) in [4.78, 5) is 3.94. The van der Waals surface area contributed by atoms with E-state index in [2.05, 4.69) is 4.98 Å². The molecule has 1 aromatic carbocycles. The third kappa shape index (κ3) is 2.71. The van der Waals surface area contributed by atoms with E-state index in [9.17, 15) is 8.42 Å². The van der Waals surface area contributed by atoms with Gasteiger partial charge in [0.1, 0.15) is 0 Å². The molecule has 0 amide bonds. The Morgan fingerprint density at radius 3 is 2.56 bits per heavy atom. The molecule has 5 heteroatoms. The summed E-state index contributed by atoms with van der Waals surface area (Å²) in [7, 11) is -3.46. The van der Waals surface area contributed by atoms with Crippen molar-refractivity contribution in [2.75, 3.05) is 0 Å². The summed E-state index contributed by atoms with van der Waals surface area (Å²) in [5, 5.41) is 0.569. The molecule has 0 fully saturated rings. The molecular weight excluding hydrogens is 270 g/mol. The van der Waals surface area contributed by atoms with Gasteiger partial charge in [0, 0.05) is 11.2 Å². The Labute approximate surface area is 111 Å². The minimum absolute atomic E-state index is 0.116.